The maximum absolute atomic E-state index is 13.7. The highest BCUT2D eigenvalue weighted by Gasteiger charge is 2.29. The van der Waals surface area contributed by atoms with Gasteiger partial charge in [0.15, 0.2) is 0 Å². The molecular weight excluding hydrogens is 268 g/mol. The number of hydrogen-bond acceptors (Lipinski definition) is 4. The van der Waals surface area contributed by atoms with E-state index in [0.29, 0.717) is 6.07 Å². The van der Waals surface area contributed by atoms with E-state index in [1.54, 1.807) is 0 Å². The first-order chi connectivity index (χ1) is 8.29. The second-order valence-electron chi connectivity index (χ2n) is 3.93. The predicted octanol–water partition coefficient (Wildman–Crippen LogP) is 0.643. The van der Waals surface area contributed by atoms with Gasteiger partial charge < -0.3 is 4.74 Å². The van der Waals surface area contributed by atoms with Gasteiger partial charge in [-0.05, 0) is 17.7 Å². The van der Waals surface area contributed by atoms with Crippen LogP contribution in [0.2, 0.25) is 0 Å². The van der Waals surface area contributed by atoms with E-state index in [-0.39, 0.29) is 18.6 Å². The summed E-state index contributed by atoms with van der Waals surface area (Å²) >= 11 is 0. The van der Waals surface area contributed by atoms with Crippen LogP contribution in [0.3, 0.4) is 0 Å². The zero-order valence-electron chi connectivity index (χ0n) is 9.02. The first-order valence-corrected chi connectivity index (χ1v) is 6.51. The number of rotatable bonds is 2. The van der Waals surface area contributed by atoms with E-state index in [4.69, 9.17) is 5.14 Å². The SMILES string of the molecule is NS(=O)(=O)c1cc(F)c(C2COC(=O)C2)cc1F. The molecule has 2 N–H and O–H groups in total. The smallest absolute Gasteiger partial charge is 0.306 e. The number of primary sulfonamides is 1. The lowest BCUT2D eigenvalue weighted by Gasteiger charge is -2.10. The van der Waals surface area contributed by atoms with Crippen molar-refractivity contribution in [2.75, 3.05) is 6.61 Å². The van der Waals surface area contributed by atoms with Crippen LogP contribution in [-0.4, -0.2) is 21.0 Å². The summed E-state index contributed by atoms with van der Waals surface area (Å²) in [5.41, 5.74) is -0.0919. The molecule has 1 saturated heterocycles. The standard InChI is InChI=1S/C10H9F2NO4S/c11-7-3-9(18(13,15)16)8(12)2-6(7)5-1-10(14)17-4-5/h2-3,5H,1,4H2,(H2,13,15,16). The van der Waals surface area contributed by atoms with Crippen molar-refractivity contribution >= 4 is 16.0 Å². The molecule has 0 amide bonds. The molecule has 1 fully saturated rings. The van der Waals surface area contributed by atoms with Gasteiger partial charge in [-0.2, -0.15) is 0 Å². The highest BCUT2D eigenvalue weighted by Crippen LogP contribution is 2.30. The van der Waals surface area contributed by atoms with Crippen LogP contribution >= 0.6 is 0 Å². The van der Waals surface area contributed by atoms with Crippen molar-refractivity contribution in [1.82, 2.24) is 0 Å². The molecule has 0 radical (unpaired) electrons. The minimum atomic E-state index is -4.32. The number of halogens is 2. The van der Waals surface area contributed by atoms with Crippen molar-refractivity contribution in [3.8, 4) is 0 Å². The summed E-state index contributed by atoms with van der Waals surface area (Å²) in [6.07, 6.45) is -0.0644. The quantitative estimate of drug-likeness (QED) is 0.804. The number of carbonyl (C=O) groups is 1. The lowest BCUT2D eigenvalue weighted by Crippen LogP contribution is -2.15. The molecule has 0 bridgehead atoms. The first kappa shape index (κ1) is 12.9. The molecule has 0 spiro atoms. The Morgan fingerprint density at radius 3 is 2.44 bits per heavy atom. The molecule has 2 rings (SSSR count). The fraction of sp³-hybridized carbons (Fsp3) is 0.300. The monoisotopic (exact) mass is 277 g/mol. The Labute approximate surface area is 102 Å². The van der Waals surface area contributed by atoms with Crippen LogP contribution in [0.25, 0.3) is 0 Å². The number of nitrogens with two attached hydrogens (primary N) is 1. The fourth-order valence-corrected chi connectivity index (χ4v) is 2.39. The van der Waals surface area contributed by atoms with Crippen molar-refractivity contribution in [3.63, 3.8) is 0 Å². The Balaban J connectivity index is 2.47. The van der Waals surface area contributed by atoms with Crippen molar-refractivity contribution in [3.05, 3.63) is 29.3 Å². The average molecular weight is 277 g/mol. The summed E-state index contributed by atoms with van der Waals surface area (Å²) in [6, 6.07) is 1.25. The van der Waals surface area contributed by atoms with Crippen molar-refractivity contribution in [2.45, 2.75) is 17.2 Å². The molecule has 1 unspecified atom stereocenters. The highest BCUT2D eigenvalue weighted by atomic mass is 32.2. The van der Waals surface area contributed by atoms with Gasteiger partial charge in [0, 0.05) is 5.92 Å². The molecule has 18 heavy (non-hydrogen) atoms. The Hall–Kier alpha value is -1.54. The van der Waals surface area contributed by atoms with Gasteiger partial charge in [0.05, 0.1) is 13.0 Å². The summed E-state index contributed by atoms with van der Waals surface area (Å²) in [4.78, 5) is 9.99. The van der Waals surface area contributed by atoms with Crippen LogP contribution in [0.4, 0.5) is 8.78 Å². The van der Waals surface area contributed by atoms with Crippen molar-refractivity contribution in [2.24, 2.45) is 5.14 Å². The van der Waals surface area contributed by atoms with Crippen LogP contribution < -0.4 is 5.14 Å². The average Bonchev–Trinajstić information content (AvgIpc) is 2.66. The van der Waals surface area contributed by atoms with Gasteiger partial charge in [-0.15, -0.1) is 0 Å². The number of cyclic esters (lactones) is 1. The molecule has 5 nitrogen and oxygen atoms in total. The van der Waals surface area contributed by atoms with Crippen molar-refractivity contribution < 1.29 is 26.7 Å². The van der Waals surface area contributed by atoms with Gasteiger partial charge in [0.1, 0.15) is 16.5 Å². The molecule has 1 aromatic carbocycles. The van der Waals surface area contributed by atoms with Gasteiger partial charge >= 0.3 is 5.97 Å². The van der Waals surface area contributed by atoms with Gasteiger partial charge in [-0.25, -0.2) is 22.3 Å². The first-order valence-electron chi connectivity index (χ1n) is 4.96. The van der Waals surface area contributed by atoms with Crippen LogP contribution in [-0.2, 0) is 19.6 Å². The minimum absolute atomic E-state index is 0.0517. The summed E-state index contributed by atoms with van der Waals surface area (Å²) in [6.45, 7) is -0.0517. The summed E-state index contributed by atoms with van der Waals surface area (Å²) in [5.74, 6) is -3.19. The summed E-state index contributed by atoms with van der Waals surface area (Å²) < 4.78 is 53.8. The second-order valence-corrected chi connectivity index (χ2v) is 5.46. The predicted molar refractivity (Wildman–Crippen MR) is 56.0 cm³/mol. The van der Waals surface area contributed by atoms with E-state index in [2.05, 4.69) is 4.74 Å². The number of hydrogen-bond donors (Lipinski definition) is 1. The lowest BCUT2D eigenvalue weighted by molar-refractivity contribution is -0.137. The van der Waals surface area contributed by atoms with E-state index < -0.39 is 38.4 Å². The third-order valence-electron chi connectivity index (χ3n) is 2.66. The van der Waals surface area contributed by atoms with Gasteiger partial charge in [0.25, 0.3) is 0 Å². The number of esters is 1. The normalized spacial score (nSPS) is 19.9. The molecule has 1 atom stereocenters. The number of sulfonamides is 1. The molecule has 0 aliphatic carbocycles. The fourth-order valence-electron chi connectivity index (χ4n) is 1.79. The van der Waals surface area contributed by atoms with Crippen LogP contribution in [0.1, 0.15) is 17.9 Å². The molecule has 0 saturated carbocycles. The molecule has 1 heterocycles. The number of benzene rings is 1. The molecular formula is C10H9F2NO4S. The Bertz CT molecular complexity index is 615. The van der Waals surface area contributed by atoms with E-state index in [1.807, 2.05) is 0 Å². The van der Waals surface area contributed by atoms with Gasteiger partial charge in [-0.1, -0.05) is 0 Å². The maximum Gasteiger partial charge on any atom is 0.306 e. The Kier molecular flexibility index (Phi) is 3.07. The van der Waals surface area contributed by atoms with Crippen LogP contribution in [0, 0.1) is 11.6 Å². The third-order valence-corrected chi connectivity index (χ3v) is 3.58. The van der Waals surface area contributed by atoms with E-state index >= 15 is 0 Å². The zero-order chi connectivity index (χ0) is 13.5. The number of carbonyl (C=O) groups excluding carboxylic acids is 1. The van der Waals surface area contributed by atoms with Gasteiger partial charge in [-0.3, -0.25) is 4.79 Å². The molecule has 8 heteroatoms. The molecule has 0 aromatic heterocycles. The molecule has 98 valence electrons. The Morgan fingerprint density at radius 2 is 1.94 bits per heavy atom. The van der Waals surface area contributed by atoms with Crippen molar-refractivity contribution in [1.29, 1.82) is 0 Å². The largest absolute Gasteiger partial charge is 0.465 e. The van der Waals surface area contributed by atoms with Crippen LogP contribution in [0.15, 0.2) is 17.0 Å². The maximum atomic E-state index is 13.7. The molecule has 1 aromatic rings. The minimum Gasteiger partial charge on any atom is -0.465 e. The van der Waals surface area contributed by atoms with Gasteiger partial charge in [0.2, 0.25) is 10.0 Å². The topological polar surface area (TPSA) is 86.5 Å². The molecule has 1 aliphatic heterocycles. The summed E-state index contributed by atoms with van der Waals surface area (Å²) in [5, 5.41) is 4.74. The Morgan fingerprint density at radius 1 is 1.28 bits per heavy atom. The second kappa shape index (κ2) is 4.29. The zero-order valence-corrected chi connectivity index (χ0v) is 9.84. The third kappa shape index (κ3) is 2.34. The van der Waals surface area contributed by atoms with Crippen LogP contribution in [0.5, 0.6) is 0 Å². The lowest BCUT2D eigenvalue weighted by atomic mass is 9.98. The summed E-state index contributed by atoms with van der Waals surface area (Å²) in [7, 11) is -4.32. The highest BCUT2D eigenvalue weighted by molar-refractivity contribution is 7.89. The number of ether oxygens (including phenoxy) is 1. The van der Waals surface area contributed by atoms with E-state index in [0.717, 1.165) is 6.07 Å². The van der Waals surface area contributed by atoms with E-state index in [1.165, 1.54) is 0 Å². The molecule has 1 aliphatic rings. The van der Waals surface area contributed by atoms with E-state index in [9.17, 15) is 22.0 Å².